The average Bonchev–Trinajstić information content (AvgIpc) is 3.47. The van der Waals surface area contributed by atoms with Crippen molar-refractivity contribution >= 4 is 41.0 Å². The van der Waals surface area contributed by atoms with Crippen LogP contribution < -0.4 is 0 Å². The molecular formula is C22H20ClN5OS2. The van der Waals surface area contributed by atoms with E-state index < -0.39 is 0 Å². The lowest BCUT2D eigenvalue weighted by molar-refractivity contribution is -0.110. The minimum Gasteiger partial charge on any atom is -0.329 e. The highest BCUT2D eigenvalue weighted by atomic mass is 35.5. The van der Waals surface area contributed by atoms with Crippen molar-refractivity contribution in [1.29, 1.82) is 0 Å². The van der Waals surface area contributed by atoms with E-state index in [1.807, 2.05) is 48.4 Å². The third kappa shape index (κ3) is 4.42. The van der Waals surface area contributed by atoms with Crippen molar-refractivity contribution in [2.24, 2.45) is 7.05 Å². The van der Waals surface area contributed by atoms with Gasteiger partial charge in [0.05, 0.1) is 5.69 Å². The molecule has 0 fully saturated rings. The maximum atomic E-state index is 11.7. The molecule has 0 bridgehead atoms. The molecule has 0 saturated carbocycles. The molecule has 6 nitrogen and oxygen atoms in total. The van der Waals surface area contributed by atoms with Gasteiger partial charge >= 0.3 is 0 Å². The van der Waals surface area contributed by atoms with Crippen LogP contribution in [0.15, 0.2) is 76.1 Å². The predicted octanol–water partition coefficient (Wildman–Crippen LogP) is 4.90. The van der Waals surface area contributed by atoms with Gasteiger partial charge in [0.1, 0.15) is 0 Å². The lowest BCUT2D eigenvalue weighted by Crippen LogP contribution is -2.02. The van der Waals surface area contributed by atoms with Gasteiger partial charge < -0.3 is 4.57 Å². The number of pyridine rings is 1. The first-order chi connectivity index (χ1) is 14.6. The molecule has 0 radical (unpaired) electrons. The minimum atomic E-state index is 0. The summed E-state index contributed by atoms with van der Waals surface area (Å²) < 4.78 is 3.78. The number of thioether (sulfide) groups is 1. The Hall–Kier alpha value is -2.55. The number of halogens is 1. The Balaban J connectivity index is 0.00000231. The first-order valence-corrected chi connectivity index (χ1v) is 11.2. The zero-order chi connectivity index (χ0) is 20.7. The van der Waals surface area contributed by atoms with Crippen LogP contribution in [0.1, 0.15) is 29.7 Å². The van der Waals surface area contributed by atoms with Gasteiger partial charge in [-0.05, 0) is 35.4 Å². The van der Waals surface area contributed by atoms with Crippen LogP contribution in [-0.4, -0.2) is 29.4 Å². The molecule has 158 valence electrons. The molecule has 0 amide bonds. The summed E-state index contributed by atoms with van der Waals surface area (Å²) in [5, 5.41) is 5.88. The molecule has 0 spiro atoms. The quantitative estimate of drug-likeness (QED) is 0.414. The van der Waals surface area contributed by atoms with Gasteiger partial charge in [-0.25, -0.2) is 14.6 Å². The zero-order valence-corrected chi connectivity index (χ0v) is 19.4. The number of hydrogen-bond donors (Lipinski definition) is 0. The van der Waals surface area contributed by atoms with Crippen LogP contribution in [0, 0.1) is 0 Å². The second-order valence-electron chi connectivity index (χ2n) is 7.20. The fourth-order valence-electron chi connectivity index (χ4n) is 3.39. The number of rotatable bonds is 5. The van der Waals surface area contributed by atoms with Gasteiger partial charge in [0, 0.05) is 54.0 Å². The number of fused-ring (bicyclic) bond motifs is 1. The molecule has 5 rings (SSSR count). The van der Waals surface area contributed by atoms with Crippen molar-refractivity contribution in [2.75, 3.05) is 0 Å². The first-order valence-electron chi connectivity index (χ1n) is 9.57. The molecule has 4 aromatic rings. The van der Waals surface area contributed by atoms with Crippen molar-refractivity contribution in [2.45, 2.75) is 34.2 Å². The van der Waals surface area contributed by atoms with E-state index in [0.717, 1.165) is 37.6 Å². The maximum absolute atomic E-state index is 11.7. The topological polar surface area (TPSA) is 65.6 Å². The molecule has 4 heterocycles. The Labute approximate surface area is 194 Å². The van der Waals surface area contributed by atoms with Gasteiger partial charge in [0.25, 0.3) is 0 Å². The summed E-state index contributed by atoms with van der Waals surface area (Å²) in [5.74, 6) is 0.902. The number of nitrogens with zero attached hydrogens (tertiary/aromatic N) is 5. The lowest BCUT2D eigenvalue weighted by Gasteiger charge is -2.11. The summed E-state index contributed by atoms with van der Waals surface area (Å²) >= 11 is 2.92. The summed E-state index contributed by atoms with van der Waals surface area (Å²) in [6.07, 6.45) is 8.02. The molecule has 0 saturated heterocycles. The average molecular weight is 470 g/mol. The number of carbonyl (C=O) groups excluding carboxylic acids is 1. The molecule has 1 unspecified atom stereocenters. The largest absolute Gasteiger partial charge is 0.329 e. The lowest BCUT2D eigenvalue weighted by atomic mass is 9.96. The van der Waals surface area contributed by atoms with E-state index in [0.29, 0.717) is 6.42 Å². The summed E-state index contributed by atoms with van der Waals surface area (Å²) in [7, 11) is 1.97. The molecule has 9 heteroatoms. The predicted molar refractivity (Wildman–Crippen MR) is 124 cm³/mol. The smallest absolute Gasteiger partial charge is 0.198 e. The first kappa shape index (κ1) is 21.7. The Kier molecular flexibility index (Phi) is 6.22. The summed E-state index contributed by atoms with van der Waals surface area (Å²) in [6, 6.07) is 12.3. The van der Waals surface area contributed by atoms with Crippen LogP contribution in [0.4, 0.5) is 0 Å². The van der Waals surface area contributed by atoms with Crippen molar-refractivity contribution in [3.8, 4) is 5.82 Å². The van der Waals surface area contributed by atoms with E-state index in [4.69, 9.17) is 5.10 Å². The van der Waals surface area contributed by atoms with Crippen molar-refractivity contribution in [3.05, 3.63) is 78.0 Å². The molecule has 3 aromatic heterocycles. The summed E-state index contributed by atoms with van der Waals surface area (Å²) in [4.78, 5) is 22.7. The van der Waals surface area contributed by atoms with Crippen LogP contribution in [0.25, 0.3) is 5.82 Å². The summed E-state index contributed by atoms with van der Waals surface area (Å²) in [5.41, 5.74) is 3.26. The highest BCUT2D eigenvalue weighted by molar-refractivity contribution is 8.14. The fourth-order valence-corrected chi connectivity index (χ4v) is 5.10. The highest BCUT2D eigenvalue weighted by Gasteiger charge is 2.21. The van der Waals surface area contributed by atoms with Crippen molar-refractivity contribution < 1.29 is 4.79 Å². The Bertz CT molecular complexity index is 1230. The van der Waals surface area contributed by atoms with Crippen molar-refractivity contribution in [3.63, 3.8) is 0 Å². The molecule has 0 aliphatic carbocycles. The number of aromatic nitrogens is 5. The summed E-state index contributed by atoms with van der Waals surface area (Å²) in [6.45, 7) is 2.13. The standard InChI is InChI=1S/C22H19N5OS2.ClH/c1-14(15-3-4-16-12-21(28)30-19(16)11-15)18-7-9-27(25-18)20-6-5-17(13-24-20)29-22-23-8-10-26(22)2;/h3-11,13-14H,12H2,1-2H3;1H. The molecular weight excluding hydrogens is 450 g/mol. The van der Waals surface area contributed by atoms with Gasteiger partial charge in [-0.1, -0.05) is 42.6 Å². The Morgan fingerprint density at radius 3 is 2.74 bits per heavy atom. The van der Waals surface area contributed by atoms with E-state index >= 15 is 0 Å². The van der Waals surface area contributed by atoms with E-state index in [-0.39, 0.29) is 23.4 Å². The van der Waals surface area contributed by atoms with Gasteiger partial charge in [-0.2, -0.15) is 5.10 Å². The monoisotopic (exact) mass is 469 g/mol. The van der Waals surface area contributed by atoms with Crippen LogP contribution in [0.5, 0.6) is 0 Å². The maximum Gasteiger partial charge on any atom is 0.198 e. The number of imidazole rings is 1. The number of benzene rings is 1. The molecule has 31 heavy (non-hydrogen) atoms. The van der Waals surface area contributed by atoms with E-state index in [1.54, 1.807) is 22.6 Å². The second kappa shape index (κ2) is 8.90. The van der Waals surface area contributed by atoms with Crippen molar-refractivity contribution in [1.82, 2.24) is 24.3 Å². The SMILES string of the molecule is CC(c1ccc2c(c1)SC(=O)C2)c1ccn(-c2ccc(Sc3nccn3C)cn2)n1.Cl. The van der Waals surface area contributed by atoms with E-state index in [9.17, 15) is 4.79 Å². The van der Waals surface area contributed by atoms with Crippen LogP contribution in [-0.2, 0) is 18.3 Å². The Morgan fingerprint density at radius 2 is 2.00 bits per heavy atom. The fraction of sp³-hybridized carbons (Fsp3) is 0.182. The number of hydrogen-bond acceptors (Lipinski definition) is 6. The zero-order valence-electron chi connectivity index (χ0n) is 16.9. The second-order valence-corrected chi connectivity index (χ2v) is 9.34. The number of aryl methyl sites for hydroxylation is 1. The van der Waals surface area contributed by atoms with Crippen LogP contribution in [0.3, 0.4) is 0 Å². The Morgan fingerprint density at radius 1 is 1.13 bits per heavy atom. The molecule has 0 N–H and O–H groups in total. The molecule has 1 atom stereocenters. The molecule has 1 aromatic carbocycles. The number of carbonyl (C=O) groups is 1. The van der Waals surface area contributed by atoms with Gasteiger partial charge in [0.2, 0.25) is 0 Å². The van der Waals surface area contributed by atoms with Crippen LogP contribution in [0.2, 0.25) is 0 Å². The van der Waals surface area contributed by atoms with Gasteiger partial charge in [0.15, 0.2) is 16.1 Å². The molecule has 1 aliphatic heterocycles. The molecule has 1 aliphatic rings. The van der Waals surface area contributed by atoms with Crippen LogP contribution >= 0.6 is 35.9 Å². The minimum absolute atomic E-state index is 0. The van der Waals surface area contributed by atoms with Gasteiger partial charge in [-0.15, -0.1) is 12.4 Å². The van der Waals surface area contributed by atoms with Gasteiger partial charge in [-0.3, -0.25) is 4.79 Å². The van der Waals surface area contributed by atoms with E-state index in [2.05, 4.69) is 35.1 Å². The third-order valence-corrected chi connectivity index (χ3v) is 7.17. The highest BCUT2D eigenvalue weighted by Crippen LogP contribution is 2.36. The normalized spacial score (nSPS) is 13.7. The van der Waals surface area contributed by atoms with E-state index in [1.165, 1.54) is 11.8 Å². The third-order valence-electron chi connectivity index (χ3n) is 5.14.